The Balaban J connectivity index is 2.07. The SMILES string of the molecule is Cc1ccc2occ(/C=C/C(=O)N(C)CC(O)C(O)C(O)C(O)CO)c(=O)c2c1. The number of carbonyl (C=O) groups excluding carboxylic acids is 1. The summed E-state index contributed by atoms with van der Waals surface area (Å²) in [6, 6.07) is 5.19. The Bertz CT molecular complexity index is 938. The fourth-order valence-corrected chi connectivity index (χ4v) is 2.71. The van der Waals surface area contributed by atoms with Gasteiger partial charge in [-0.1, -0.05) is 11.6 Å². The lowest BCUT2D eigenvalue weighted by Crippen LogP contribution is -2.49. The summed E-state index contributed by atoms with van der Waals surface area (Å²) >= 11 is 0. The molecule has 0 aliphatic rings. The summed E-state index contributed by atoms with van der Waals surface area (Å²) in [5, 5.41) is 47.8. The Morgan fingerprint density at radius 2 is 1.83 bits per heavy atom. The highest BCUT2D eigenvalue weighted by atomic mass is 16.4. The van der Waals surface area contributed by atoms with Gasteiger partial charge in [0.15, 0.2) is 5.43 Å². The topological polar surface area (TPSA) is 152 Å². The molecule has 4 atom stereocenters. The lowest BCUT2D eigenvalue weighted by atomic mass is 10.0. The van der Waals surface area contributed by atoms with E-state index in [9.17, 15) is 30.0 Å². The van der Waals surface area contributed by atoms with Gasteiger partial charge in [0.25, 0.3) is 0 Å². The van der Waals surface area contributed by atoms with E-state index in [0.717, 1.165) is 16.5 Å². The van der Waals surface area contributed by atoms with E-state index >= 15 is 0 Å². The van der Waals surface area contributed by atoms with Crippen molar-refractivity contribution >= 4 is 23.0 Å². The van der Waals surface area contributed by atoms with E-state index in [0.29, 0.717) is 11.0 Å². The Hall–Kier alpha value is -2.56. The number of carbonyl (C=O) groups is 1. The van der Waals surface area contributed by atoms with Crippen LogP contribution >= 0.6 is 0 Å². The molecular weight excluding hydrogens is 382 g/mol. The molecule has 1 amide bonds. The summed E-state index contributed by atoms with van der Waals surface area (Å²) < 4.78 is 5.41. The number of aliphatic hydroxyl groups is 5. The molecule has 0 saturated heterocycles. The normalized spacial score (nSPS) is 16.0. The first-order chi connectivity index (χ1) is 13.6. The molecule has 1 aromatic heterocycles. The van der Waals surface area contributed by atoms with Gasteiger partial charge in [-0.05, 0) is 25.1 Å². The number of hydrogen-bond donors (Lipinski definition) is 5. The molecule has 0 aliphatic carbocycles. The van der Waals surface area contributed by atoms with Crippen molar-refractivity contribution in [3.8, 4) is 0 Å². The fraction of sp³-hybridized carbons (Fsp3) is 0.400. The van der Waals surface area contributed by atoms with Crippen molar-refractivity contribution in [1.29, 1.82) is 0 Å². The van der Waals surface area contributed by atoms with Crippen LogP contribution in [0.3, 0.4) is 0 Å². The smallest absolute Gasteiger partial charge is 0.246 e. The van der Waals surface area contributed by atoms with Crippen LogP contribution in [0.25, 0.3) is 17.0 Å². The molecule has 158 valence electrons. The highest BCUT2D eigenvalue weighted by Gasteiger charge is 2.31. The van der Waals surface area contributed by atoms with Crippen LogP contribution in [-0.4, -0.2) is 81.0 Å². The molecule has 0 aliphatic heterocycles. The van der Waals surface area contributed by atoms with Gasteiger partial charge in [-0.15, -0.1) is 0 Å². The monoisotopic (exact) mass is 407 g/mol. The Morgan fingerprint density at radius 1 is 1.17 bits per heavy atom. The van der Waals surface area contributed by atoms with Gasteiger partial charge in [-0.25, -0.2) is 0 Å². The Morgan fingerprint density at radius 3 is 2.48 bits per heavy atom. The van der Waals surface area contributed by atoms with Gasteiger partial charge in [0.05, 0.1) is 17.6 Å². The molecule has 0 radical (unpaired) electrons. The molecular formula is C20H25NO8. The molecule has 5 N–H and O–H groups in total. The third-order valence-electron chi connectivity index (χ3n) is 4.52. The third kappa shape index (κ3) is 5.49. The Labute approximate surface area is 166 Å². The highest BCUT2D eigenvalue weighted by molar-refractivity contribution is 5.92. The average Bonchev–Trinajstić information content (AvgIpc) is 2.71. The lowest BCUT2D eigenvalue weighted by Gasteiger charge is -2.28. The van der Waals surface area contributed by atoms with Crippen molar-refractivity contribution in [2.75, 3.05) is 20.2 Å². The van der Waals surface area contributed by atoms with Crippen LogP contribution in [0.5, 0.6) is 0 Å². The predicted molar refractivity (Wildman–Crippen MR) is 105 cm³/mol. The summed E-state index contributed by atoms with van der Waals surface area (Å²) in [6.45, 7) is 0.692. The van der Waals surface area contributed by atoms with E-state index in [1.54, 1.807) is 12.1 Å². The minimum Gasteiger partial charge on any atom is -0.463 e. The molecule has 1 aromatic carbocycles. The molecule has 4 unspecified atom stereocenters. The second-order valence-corrected chi connectivity index (χ2v) is 6.87. The summed E-state index contributed by atoms with van der Waals surface area (Å²) in [7, 11) is 1.35. The number of amides is 1. The largest absolute Gasteiger partial charge is 0.463 e. The molecule has 0 fully saturated rings. The maximum atomic E-state index is 12.5. The first kappa shape index (κ1) is 22.7. The summed E-state index contributed by atoms with van der Waals surface area (Å²) in [6.07, 6.45) is -3.09. The zero-order valence-electron chi connectivity index (χ0n) is 16.1. The van der Waals surface area contributed by atoms with Gasteiger partial charge >= 0.3 is 0 Å². The van der Waals surface area contributed by atoms with Crippen LogP contribution < -0.4 is 5.43 Å². The van der Waals surface area contributed by atoms with E-state index in [2.05, 4.69) is 0 Å². The number of likely N-dealkylation sites (N-methyl/N-ethyl adjacent to an activating group) is 1. The first-order valence-corrected chi connectivity index (χ1v) is 8.94. The molecule has 0 spiro atoms. The predicted octanol–water partition coefficient (Wildman–Crippen LogP) is -0.991. The van der Waals surface area contributed by atoms with Crippen LogP contribution in [0.1, 0.15) is 11.1 Å². The quantitative estimate of drug-likeness (QED) is 0.350. The van der Waals surface area contributed by atoms with Gasteiger partial charge in [-0.2, -0.15) is 0 Å². The molecule has 2 aromatic rings. The van der Waals surface area contributed by atoms with Crippen LogP contribution in [0.2, 0.25) is 0 Å². The van der Waals surface area contributed by atoms with Gasteiger partial charge < -0.3 is 34.8 Å². The number of fused-ring (bicyclic) bond motifs is 1. The molecule has 29 heavy (non-hydrogen) atoms. The molecule has 9 nitrogen and oxygen atoms in total. The number of benzene rings is 1. The van der Waals surface area contributed by atoms with E-state index in [1.165, 1.54) is 19.4 Å². The zero-order chi connectivity index (χ0) is 21.7. The molecule has 0 saturated carbocycles. The second kappa shape index (κ2) is 9.77. The van der Waals surface area contributed by atoms with E-state index in [1.807, 2.05) is 13.0 Å². The Kier molecular flexibility index (Phi) is 7.66. The number of rotatable bonds is 8. The zero-order valence-corrected chi connectivity index (χ0v) is 16.1. The minimum absolute atomic E-state index is 0.173. The summed E-state index contributed by atoms with van der Waals surface area (Å²) in [4.78, 5) is 25.8. The maximum absolute atomic E-state index is 12.5. The van der Waals surface area contributed by atoms with E-state index < -0.39 is 36.9 Å². The van der Waals surface area contributed by atoms with Crippen LogP contribution in [-0.2, 0) is 4.79 Å². The van der Waals surface area contributed by atoms with Crippen molar-refractivity contribution in [1.82, 2.24) is 4.90 Å². The van der Waals surface area contributed by atoms with Gasteiger partial charge in [0, 0.05) is 19.7 Å². The number of hydrogen-bond acceptors (Lipinski definition) is 8. The highest BCUT2D eigenvalue weighted by Crippen LogP contribution is 2.14. The van der Waals surface area contributed by atoms with Gasteiger partial charge in [-0.3, -0.25) is 9.59 Å². The number of aliphatic hydroxyl groups excluding tert-OH is 5. The standard InChI is InChI=1S/C20H25NO8/c1-11-3-5-16-13(7-11)18(26)12(10-29-16)4-6-17(25)21(2)8-14(23)19(27)20(28)15(24)9-22/h3-7,10,14-15,19-20,22-24,27-28H,8-9H2,1-2H3/b6-4+. The van der Waals surface area contributed by atoms with Crippen molar-refractivity contribution in [2.24, 2.45) is 0 Å². The molecule has 9 heteroatoms. The van der Waals surface area contributed by atoms with Crippen LogP contribution in [0, 0.1) is 6.92 Å². The summed E-state index contributed by atoms with van der Waals surface area (Å²) in [5.41, 5.74) is 1.20. The average molecular weight is 407 g/mol. The first-order valence-electron chi connectivity index (χ1n) is 8.94. The van der Waals surface area contributed by atoms with E-state index in [4.69, 9.17) is 9.52 Å². The molecule has 0 bridgehead atoms. The fourth-order valence-electron chi connectivity index (χ4n) is 2.71. The number of nitrogens with zero attached hydrogens (tertiary/aromatic N) is 1. The second-order valence-electron chi connectivity index (χ2n) is 6.87. The van der Waals surface area contributed by atoms with E-state index in [-0.39, 0.29) is 17.5 Å². The van der Waals surface area contributed by atoms with Crippen LogP contribution in [0.4, 0.5) is 0 Å². The van der Waals surface area contributed by atoms with Crippen molar-refractivity contribution < 1.29 is 34.7 Å². The lowest BCUT2D eigenvalue weighted by molar-refractivity contribution is -0.133. The molecule has 2 rings (SSSR count). The summed E-state index contributed by atoms with van der Waals surface area (Å²) in [5.74, 6) is -0.572. The van der Waals surface area contributed by atoms with Crippen molar-refractivity contribution in [2.45, 2.75) is 31.3 Å². The molecule has 1 heterocycles. The van der Waals surface area contributed by atoms with Gasteiger partial charge in [0.2, 0.25) is 5.91 Å². The van der Waals surface area contributed by atoms with Crippen molar-refractivity contribution in [3.63, 3.8) is 0 Å². The van der Waals surface area contributed by atoms with Crippen molar-refractivity contribution in [3.05, 3.63) is 51.9 Å². The number of aryl methyl sites for hydroxylation is 1. The van der Waals surface area contributed by atoms with Crippen LogP contribution in [0.15, 0.2) is 39.7 Å². The van der Waals surface area contributed by atoms with Gasteiger partial charge in [0.1, 0.15) is 36.3 Å². The minimum atomic E-state index is -1.78. The maximum Gasteiger partial charge on any atom is 0.246 e. The third-order valence-corrected chi connectivity index (χ3v) is 4.52.